The first kappa shape index (κ1) is 16.0. The van der Waals surface area contributed by atoms with Gasteiger partial charge in [-0.25, -0.2) is 4.98 Å². The highest BCUT2D eigenvalue weighted by Gasteiger charge is 2.18. The van der Waals surface area contributed by atoms with Crippen molar-refractivity contribution in [2.24, 2.45) is 0 Å². The van der Waals surface area contributed by atoms with Crippen LogP contribution in [0.25, 0.3) is 0 Å². The van der Waals surface area contributed by atoms with Gasteiger partial charge in [-0.15, -0.1) is 0 Å². The minimum absolute atomic E-state index is 0.0875. The van der Waals surface area contributed by atoms with Gasteiger partial charge in [-0.05, 0) is 40.5 Å². The molecule has 0 aliphatic rings. The number of nitrogens with one attached hydrogen (secondary N) is 1. The number of nitrogens with zero attached hydrogens (tertiary/aromatic N) is 2. The zero-order chi connectivity index (χ0) is 14.3. The molecule has 1 rings (SSSR count). The van der Waals surface area contributed by atoms with Crippen LogP contribution < -0.4 is 5.32 Å². The fourth-order valence-corrected chi connectivity index (χ4v) is 2.29. The molecule has 0 aliphatic heterocycles. The van der Waals surface area contributed by atoms with Crippen LogP contribution in [0.15, 0.2) is 6.20 Å². The van der Waals surface area contributed by atoms with Crippen LogP contribution in [0, 0.1) is 6.92 Å². The Balaban J connectivity index is 2.62. The highest BCUT2D eigenvalue weighted by atomic mass is 16.5. The largest absolute Gasteiger partial charge is 0.382 e. The van der Waals surface area contributed by atoms with Crippen LogP contribution >= 0.6 is 0 Å². The van der Waals surface area contributed by atoms with Gasteiger partial charge >= 0.3 is 0 Å². The summed E-state index contributed by atoms with van der Waals surface area (Å²) in [4.78, 5) is 4.59. The Hall–Kier alpha value is -1.03. The second-order valence-corrected chi connectivity index (χ2v) is 5.71. The summed E-state index contributed by atoms with van der Waals surface area (Å²) in [7, 11) is 0. The van der Waals surface area contributed by atoms with E-state index in [1.54, 1.807) is 0 Å². The molecule has 4 heteroatoms. The summed E-state index contributed by atoms with van der Waals surface area (Å²) in [5.41, 5.74) is 1.15. The van der Waals surface area contributed by atoms with E-state index in [4.69, 9.17) is 4.74 Å². The number of hydrogen-bond acceptors (Lipinski definition) is 3. The van der Waals surface area contributed by atoms with E-state index in [1.165, 1.54) is 6.42 Å². The van der Waals surface area contributed by atoms with Crippen molar-refractivity contribution >= 4 is 5.95 Å². The fourth-order valence-electron chi connectivity index (χ4n) is 2.29. The van der Waals surface area contributed by atoms with Gasteiger partial charge in [0.2, 0.25) is 5.95 Å². The van der Waals surface area contributed by atoms with E-state index in [2.05, 4.69) is 41.8 Å². The third-order valence-electron chi connectivity index (χ3n) is 3.11. The molecule has 1 aromatic heterocycles. The Morgan fingerprint density at radius 2 is 2.11 bits per heavy atom. The van der Waals surface area contributed by atoms with E-state index in [9.17, 15) is 0 Å². The average molecular weight is 267 g/mol. The third-order valence-corrected chi connectivity index (χ3v) is 3.11. The van der Waals surface area contributed by atoms with Crippen molar-refractivity contribution in [2.75, 3.05) is 18.5 Å². The van der Waals surface area contributed by atoms with Crippen molar-refractivity contribution in [2.45, 2.75) is 66.0 Å². The molecule has 0 aromatic carbocycles. The van der Waals surface area contributed by atoms with Crippen molar-refractivity contribution in [1.82, 2.24) is 9.55 Å². The number of anilines is 1. The third kappa shape index (κ3) is 5.64. The lowest BCUT2D eigenvalue weighted by atomic mass is 9.99. The van der Waals surface area contributed by atoms with Crippen molar-refractivity contribution in [3.63, 3.8) is 0 Å². The molecule has 0 fully saturated rings. The first-order chi connectivity index (χ1) is 8.98. The van der Waals surface area contributed by atoms with Crippen LogP contribution in [0.4, 0.5) is 5.95 Å². The minimum Gasteiger partial charge on any atom is -0.382 e. The molecule has 19 heavy (non-hydrogen) atoms. The lowest BCUT2D eigenvalue weighted by molar-refractivity contribution is 0.142. The summed E-state index contributed by atoms with van der Waals surface area (Å²) in [6, 6.07) is 0. The Bertz CT molecular complexity index is 371. The molecule has 0 saturated heterocycles. The van der Waals surface area contributed by atoms with Crippen molar-refractivity contribution < 1.29 is 4.74 Å². The van der Waals surface area contributed by atoms with Crippen LogP contribution in [0.3, 0.4) is 0 Å². The maximum atomic E-state index is 5.39. The van der Waals surface area contributed by atoms with E-state index in [1.807, 2.05) is 13.8 Å². The second-order valence-electron chi connectivity index (χ2n) is 5.71. The predicted molar refractivity (Wildman–Crippen MR) is 80.7 cm³/mol. The van der Waals surface area contributed by atoms with E-state index in [-0.39, 0.29) is 5.54 Å². The van der Waals surface area contributed by atoms with Gasteiger partial charge in [0.15, 0.2) is 0 Å². The summed E-state index contributed by atoms with van der Waals surface area (Å²) in [6.45, 7) is 13.3. The van der Waals surface area contributed by atoms with Crippen molar-refractivity contribution in [3.05, 3.63) is 11.9 Å². The zero-order valence-corrected chi connectivity index (χ0v) is 13.1. The molecule has 0 amide bonds. The van der Waals surface area contributed by atoms with E-state index in [0.29, 0.717) is 0 Å². The molecule has 0 unspecified atom stereocenters. The van der Waals surface area contributed by atoms with Gasteiger partial charge in [0, 0.05) is 31.5 Å². The summed E-state index contributed by atoms with van der Waals surface area (Å²) in [5, 5.41) is 3.56. The summed E-state index contributed by atoms with van der Waals surface area (Å²) < 4.78 is 7.59. The Morgan fingerprint density at radius 1 is 1.37 bits per heavy atom. The highest BCUT2D eigenvalue weighted by molar-refractivity contribution is 5.32. The Kier molecular flexibility index (Phi) is 6.35. The van der Waals surface area contributed by atoms with Gasteiger partial charge in [0.25, 0.3) is 0 Å². The molecular weight excluding hydrogens is 238 g/mol. The Labute approximate surface area is 117 Å². The Morgan fingerprint density at radius 3 is 2.74 bits per heavy atom. The normalized spacial score (nSPS) is 11.8. The van der Waals surface area contributed by atoms with Crippen LogP contribution in [0.5, 0.6) is 0 Å². The van der Waals surface area contributed by atoms with E-state index in [0.717, 1.165) is 44.2 Å². The van der Waals surface area contributed by atoms with Gasteiger partial charge in [0.1, 0.15) is 0 Å². The minimum atomic E-state index is 0.0875. The lowest BCUT2D eigenvalue weighted by Crippen LogP contribution is -2.32. The number of rotatable bonds is 9. The lowest BCUT2D eigenvalue weighted by Gasteiger charge is -2.26. The van der Waals surface area contributed by atoms with Crippen LogP contribution in [-0.4, -0.2) is 28.3 Å². The maximum absolute atomic E-state index is 5.39. The molecule has 1 N–H and O–H groups in total. The average Bonchev–Trinajstić information content (AvgIpc) is 2.64. The first-order valence-corrected chi connectivity index (χ1v) is 7.38. The molecule has 0 atom stereocenters. The number of aromatic nitrogens is 2. The van der Waals surface area contributed by atoms with E-state index < -0.39 is 0 Å². The first-order valence-electron chi connectivity index (χ1n) is 7.38. The van der Waals surface area contributed by atoms with Gasteiger partial charge in [-0.2, -0.15) is 0 Å². The summed E-state index contributed by atoms with van der Waals surface area (Å²) >= 11 is 0. The quantitative estimate of drug-likeness (QED) is 0.695. The van der Waals surface area contributed by atoms with E-state index >= 15 is 0 Å². The molecule has 0 bridgehead atoms. The van der Waals surface area contributed by atoms with Crippen molar-refractivity contribution in [3.8, 4) is 0 Å². The molecule has 1 aromatic rings. The molecule has 0 saturated carbocycles. The molecule has 1 heterocycles. The maximum Gasteiger partial charge on any atom is 0.203 e. The molecule has 0 aliphatic carbocycles. The van der Waals surface area contributed by atoms with Crippen LogP contribution in [0.2, 0.25) is 0 Å². The fraction of sp³-hybridized carbons (Fsp3) is 0.800. The number of hydrogen-bond donors (Lipinski definition) is 1. The number of imidazole rings is 1. The molecular formula is C15H29N3O. The monoisotopic (exact) mass is 267 g/mol. The van der Waals surface area contributed by atoms with Gasteiger partial charge < -0.3 is 14.6 Å². The topological polar surface area (TPSA) is 39.1 Å². The summed E-state index contributed by atoms with van der Waals surface area (Å²) in [5.74, 6) is 0.979. The van der Waals surface area contributed by atoms with Gasteiger partial charge in [-0.1, -0.05) is 13.3 Å². The van der Waals surface area contributed by atoms with Gasteiger partial charge in [0.05, 0.1) is 5.69 Å². The molecule has 4 nitrogen and oxygen atoms in total. The summed E-state index contributed by atoms with van der Waals surface area (Å²) in [6.07, 6.45) is 5.44. The molecule has 0 radical (unpaired) electrons. The van der Waals surface area contributed by atoms with Crippen LogP contribution in [-0.2, 0) is 11.3 Å². The molecule has 0 spiro atoms. The SMILES string of the molecule is CCCC(C)(C)Nc1nc(C)cn1CCCOCC. The number of ether oxygens (including phenoxy) is 1. The van der Waals surface area contributed by atoms with Crippen molar-refractivity contribution in [1.29, 1.82) is 0 Å². The predicted octanol–water partition coefficient (Wildman–Crippen LogP) is 3.61. The van der Waals surface area contributed by atoms with Crippen LogP contribution in [0.1, 0.15) is 52.7 Å². The standard InChI is InChI=1S/C15H29N3O/c1-6-9-15(4,5)17-14-16-13(3)12-18(14)10-8-11-19-7-2/h12H,6-11H2,1-5H3,(H,16,17). The van der Waals surface area contributed by atoms with Gasteiger partial charge in [-0.3, -0.25) is 0 Å². The highest BCUT2D eigenvalue weighted by Crippen LogP contribution is 2.19. The zero-order valence-electron chi connectivity index (χ0n) is 13.1. The smallest absolute Gasteiger partial charge is 0.203 e. The second kappa shape index (κ2) is 7.53. The molecule has 110 valence electrons. The number of aryl methyl sites for hydroxylation is 2.